The van der Waals surface area contributed by atoms with E-state index in [2.05, 4.69) is 187 Å². The number of benzene rings is 6. The van der Waals surface area contributed by atoms with E-state index in [0.717, 1.165) is 118 Å². The molecule has 18 nitrogen and oxygen atoms in total. The molecule has 0 radical (unpaired) electrons. The number of aromatic nitrogens is 5. The molecule has 0 fully saturated rings. The van der Waals surface area contributed by atoms with Crippen molar-refractivity contribution >= 4 is 132 Å². The molecule has 0 atom stereocenters. The quantitative estimate of drug-likeness (QED) is 0.0136. The average molecular weight is 1630 g/mol. The summed E-state index contributed by atoms with van der Waals surface area (Å²) in [7, 11) is 13.9. The molecule has 5 aromatic heterocycles. The standard InChI is InChI=1S/2C15H17NO2.C15H19NO.C14H16ClN.C14H17NO.C9H9NO3.C6H12O.CH3O.CH4.Cl2OS.Na/c2*1-10(2)8-13-6-4-11-9-12(15(17)18-3)5-7-14(11)16-13;1-11(2)8-14-6-5-13-9-12(10-17-3)4-7-15(13)16-14;1-10(2)7-13-5-4-12-8-11(9-15)3-6-14(12)16-13;1-10(2)7-13-5-4-12-8-11(9-16)3-6-14(12)15-13;1-13-9(12)6-2-3-8(10)7(4-6)5-11;1-5(2)4-6(3)7;1-2;;1-4(2)3;/h2*4-7,9-10H,8H2,1-3H3;4-7,9,11H,8,10H2,1-3H3;3-6,8,10H,7,9H2,1-2H3;3-6,8,10,16H,7,9H2,1-2H3;2-5H,10H2,1H3;5H,4H2,1-3H3;1H3;1H4;;/q;;;;;;;-1;;;+1. The number of aliphatic hydroxyl groups is 1. The topological polar surface area (TPSA) is 273 Å². The van der Waals surface area contributed by atoms with Crippen LogP contribution in [0.4, 0.5) is 5.69 Å². The Morgan fingerprint density at radius 2 is 0.717 bits per heavy atom. The van der Waals surface area contributed by atoms with Gasteiger partial charge in [0.2, 0.25) is 9.23 Å². The fraction of sp³-hybridized carbons (Fsp3) is 0.378. The van der Waals surface area contributed by atoms with Crippen LogP contribution in [-0.2, 0) is 84.2 Å². The first-order valence-electron chi connectivity index (χ1n) is 36.7. The zero-order valence-electron chi connectivity index (χ0n) is 68.4. The second kappa shape index (κ2) is 55.3. The van der Waals surface area contributed by atoms with Gasteiger partial charge in [0.25, 0.3) is 0 Å². The van der Waals surface area contributed by atoms with Crippen LogP contribution in [0.15, 0.2) is 170 Å². The largest absolute Gasteiger partial charge is 1.00 e. The SMILES string of the molecule is C.CC(=O)CC(C)C.CC(C)Cc1ccc2cc(CCl)ccc2n1.CC(C)Cc1ccc2cc(CO)ccc2n1.COC(=O)c1ccc(N)c(C=O)c1.COC(=O)c1ccc2nc(CC(C)C)ccc2c1.COC(=O)c1ccc2nc(CC(C)C)ccc2c1.COCc1ccc2nc(CC(C)C)ccc2c1.C[O-].O=S(Cl)Cl.[Na+]. The summed E-state index contributed by atoms with van der Waals surface area (Å²) in [6.45, 7) is 28.4. The Bertz CT molecular complexity index is 4570. The van der Waals surface area contributed by atoms with E-state index in [1.807, 2.05) is 86.6 Å². The van der Waals surface area contributed by atoms with Crippen molar-refractivity contribution < 1.29 is 86.9 Å². The first kappa shape index (κ1) is 103. The minimum absolute atomic E-state index is 0. The molecule has 23 heteroatoms. The molecule has 3 N–H and O–H groups in total. The molecule has 0 saturated heterocycles. The zero-order valence-corrected chi connectivity index (χ0v) is 73.4. The number of pyridine rings is 5. The Morgan fingerprint density at radius 3 is 0.982 bits per heavy atom. The van der Waals surface area contributed by atoms with Gasteiger partial charge < -0.3 is 39.7 Å². The van der Waals surface area contributed by atoms with Crippen LogP contribution in [0.1, 0.15) is 190 Å². The first-order chi connectivity index (χ1) is 52.8. The van der Waals surface area contributed by atoms with Gasteiger partial charge >= 0.3 is 47.5 Å². The number of ether oxygens (including phenoxy) is 4. The van der Waals surface area contributed by atoms with E-state index in [9.17, 15) is 24.0 Å². The molecule has 11 aromatic rings. The third kappa shape index (κ3) is 39.1. The fourth-order valence-corrected chi connectivity index (χ4v) is 11.2. The maximum atomic E-state index is 11.4. The molecule has 5 heterocycles. The number of carbonyl (C=O) groups excluding carboxylic acids is 5. The molecular weight excluding hydrogens is 1520 g/mol. The van der Waals surface area contributed by atoms with E-state index in [1.165, 1.54) is 67.3 Å². The number of methoxy groups -OCH3 is 4. The monoisotopic (exact) mass is 1630 g/mol. The summed E-state index contributed by atoms with van der Waals surface area (Å²) in [5.41, 5.74) is 21.4. The van der Waals surface area contributed by atoms with Gasteiger partial charge in [-0.2, -0.15) is 7.11 Å². The summed E-state index contributed by atoms with van der Waals surface area (Å²) in [5.74, 6) is 3.35. The van der Waals surface area contributed by atoms with E-state index < -0.39 is 15.2 Å². The van der Waals surface area contributed by atoms with Crippen LogP contribution in [-0.4, -0.2) is 99.8 Å². The predicted molar refractivity (Wildman–Crippen MR) is 461 cm³/mol. The van der Waals surface area contributed by atoms with Crippen molar-refractivity contribution in [2.45, 2.75) is 155 Å². The van der Waals surface area contributed by atoms with Gasteiger partial charge in [0, 0.05) is 107 Å². The number of hydrogen-bond acceptors (Lipinski definition) is 18. The molecule has 0 saturated carbocycles. The minimum Gasteiger partial charge on any atom is -0.857 e. The first-order valence-corrected chi connectivity index (χ1v) is 40.0. The molecule has 0 aliphatic heterocycles. The second-order valence-corrected chi connectivity index (χ2v) is 31.3. The molecule has 11 rings (SSSR count). The number of anilines is 1. The normalized spacial score (nSPS) is 10.4. The Kier molecular flexibility index (Phi) is 50.4. The number of nitrogens with zero attached hydrogens (tertiary/aromatic N) is 5. The number of nitrogen functional groups attached to an aromatic ring is 1. The van der Waals surface area contributed by atoms with E-state index in [-0.39, 0.29) is 61.3 Å². The van der Waals surface area contributed by atoms with Crippen LogP contribution in [0, 0.1) is 35.5 Å². The smallest absolute Gasteiger partial charge is 0.857 e. The third-order valence-corrected chi connectivity index (χ3v) is 16.1. The van der Waals surface area contributed by atoms with E-state index in [1.54, 1.807) is 26.2 Å². The molecule has 0 bridgehead atoms. The number of rotatable bonds is 20. The number of nitrogens with two attached hydrogens (primary N) is 1. The Morgan fingerprint density at radius 1 is 0.442 bits per heavy atom. The molecule has 604 valence electrons. The number of carbonyl (C=O) groups is 5. The zero-order chi connectivity index (χ0) is 82.9. The maximum Gasteiger partial charge on any atom is 1.00 e. The average Bonchev–Trinajstić information content (AvgIpc) is 0.842. The van der Waals surface area contributed by atoms with Crippen LogP contribution < -0.4 is 40.4 Å². The van der Waals surface area contributed by atoms with Crippen molar-refractivity contribution in [3.05, 3.63) is 237 Å². The Balaban J connectivity index is 0.000000656. The van der Waals surface area contributed by atoms with Crippen molar-refractivity contribution in [2.24, 2.45) is 35.5 Å². The summed E-state index contributed by atoms with van der Waals surface area (Å²) in [6.07, 6.45) is 6.34. The summed E-state index contributed by atoms with van der Waals surface area (Å²) in [5, 5.41) is 22.7. The predicted octanol–water partition coefficient (Wildman–Crippen LogP) is 17.3. The summed E-state index contributed by atoms with van der Waals surface area (Å²) in [4.78, 5) is 77.7. The van der Waals surface area contributed by atoms with Gasteiger partial charge in [0.15, 0.2) is 6.29 Å². The summed E-state index contributed by atoms with van der Waals surface area (Å²) >= 11 is 5.81. The Hall–Kier alpha value is -8.18. The number of aliphatic hydroxyl groups excluding tert-OH is 1. The molecular formula is C90H114Cl3N6NaO12S. The van der Waals surface area contributed by atoms with Crippen molar-refractivity contribution in [3.8, 4) is 0 Å². The van der Waals surface area contributed by atoms with Gasteiger partial charge in [-0.3, -0.25) is 29.7 Å². The van der Waals surface area contributed by atoms with Crippen LogP contribution >= 0.6 is 33.0 Å². The number of ketones is 1. The number of alkyl halides is 1. The van der Waals surface area contributed by atoms with E-state index in [0.29, 0.717) is 82.2 Å². The molecule has 6 aromatic carbocycles. The van der Waals surface area contributed by atoms with Crippen molar-refractivity contribution in [3.63, 3.8) is 0 Å². The maximum absolute atomic E-state index is 11.4. The van der Waals surface area contributed by atoms with Gasteiger partial charge in [-0.15, -0.1) is 11.6 Å². The van der Waals surface area contributed by atoms with Crippen molar-refractivity contribution in [1.29, 1.82) is 0 Å². The molecule has 0 aliphatic rings. The number of esters is 3. The van der Waals surface area contributed by atoms with Gasteiger partial charge in [-0.1, -0.05) is 139 Å². The van der Waals surface area contributed by atoms with Crippen LogP contribution in [0.25, 0.3) is 54.5 Å². The number of halogens is 3. The molecule has 113 heavy (non-hydrogen) atoms. The fourth-order valence-electron chi connectivity index (χ4n) is 11.1. The van der Waals surface area contributed by atoms with Gasteiger partial charge in [-0.05, 0) is 213 Å². The molecule has 0 aliphatic carbocycles. The second-order valence-electron chi connectivity index (χ2n) is 28.5. The molecule has 0 unspecified atom stereocenters. The van der Waals surface area contributed by atoms with Crippen molar-refractivity contribution in [2.75, 3.05) is 41.3 Å². The third-order valence-electron chi connectivity index (χ3n) is 15.8. The van der Waals surface area contributed by atoms with Crippen LogP contribution in [0.3, 0.4) is 0 Å². The van der Waals surface area contributed by atoms with Crippen LogP contribution in [0.2, 0.25) is 0 Å². The van der Waals surface area contributed by atoms with Gasteiger partial charge in [-0.25, -0.2) is 18.6 Å². The van der Waals surface area contributed by atoms with E-state index in [4.69, 9.17) is 46.0 Å². The van der Waals surface area contributed by atoms with Crippen molar-refractivity contribution in [1.82, 2.24) is 24.9 Å². The van der Waals surface area contributed by atoms with Crippen LogP contribution in [0.5, 0.6) is 0 Å². The number of fused-ring (bicyclic) bond motifs is 5. The number of Topliss-reactive ketones (excluding diaryl/α,β-unsaturated/α-hetero) is 1. The van der Waals surface area contributed by atoms with Gasteiger partial charge in [0.05, 0.1) is 78.8 Å². The summed E-state index contributed by atoms with van der Waals surface area (Å²) in [6, 6.07) is 54.4. The Labute approximate surface area is 707 Å². The summed E-state index contributed by atoms with van der Waals surface area (Å²) < 4.78 is 28.1. The molecule has 0 amide bonds. The van der Waals surface area contributed by atoms with E-state index >= 15 is 0 Å². The minimum atomic E-state index is -1.67. The van der Waals surface area contributed by atoms with Gasteiger partial charge in [0.1, 0.15) is 5.78 Å². The number of hydrogen-bond donors (Lipinski definition) is 2. The number of aldehydes is 1. The molecule has 0 spiro atoms.